The van der Waals surface area contributed by atoms with Crippen LogP contribution in [0.5, 0.6) is 0 Å². The summed E-state index contributed by atoms with van der Waals surface area (Å²) >= 11 is 0. The number of nitrogens with one attached hydrogen (secondary N) is 2. The minimum absolute atomic E-state index is 0.0592. The standard InChI is InChI=1S/C27H33FN4O6S/c28-21-11-13-22(14-12-21)29-27(36)31-15-16-32(39(37,38)18-19-7-3-1-4-8-19)26(31)25(35)30-23(17-24(33)34)20-9-5-2-6-10-20/h1,3-4,7-8,11-14,20,23,26H,2,5-6,9-10,15-18H2,(H,29,36)(H,30,35)(H,33,34). The summed E-state index contributed by atoms with van der Waals surface area (Å²) < 4.78 is 41.3. The van der Waals surface area contributed by atoms with Crippen molar-refractivity contribution in [2.75, 3.05) is 18.4 Å². The first kappa shape index (κ1) is 28.5. The second kappa shape index (κ2) is 12.6. The molecule has 2 aromatic rings. The van der Waals surface area contributed by atoms with Crippen molar-refractivity contribution in [1.82, 2.24) is 14.5 Å². The number of carbonyl (C=O) groups is 3. The zero-order chi connectivity index (χ0) is 28.0. The quantitative estimate of drug-likeness (QED) is 0.430. The maximum Gasteiger partial charge on any atom is 0.323 e. The Hall–Kier alpha value is -3.51. The molecule has 0 bridgehead atoms. The Labute approximate surface area is 227 Å². The van der Waals surface area contributed by atoms with E-state index in [0.717, 1.165) is 41.3 Å². The molecule has 1 saturated carbocycles. The third-order valence-electron chi connectivity index (χ3n) is 7.21. The number of benzene rings is 2. The average Bonchev–Trinajstić information content (AvgIpc) is 3.37. The Balaban J connectivity index is 1.60. The molecule has 2 atom stereocenters. The zero-order valence-electron chi connectivity index (χ0n) is 21.5. The summed E-state index contributed by atoms with van der Waals surface area (Å²) in [7, 11) is -4.05. The van der Waals surface area contributed by atoms with Crippen molar-refractivity contribution in [2.45, 2.75) is 56.5 Å². The highest BCUT2D eigenvalue weighted by atomic mass is 32.2. The minimum atomic E-state index is -4.05. The second-order valence-electron chi connectivity index (χ2n) is 9.97. The number of carboxylic acids is 1. The van der Waals surface area contributed by atoms with Gasteiger partial charge in [0, 0.05) is 24.8 Å². The highest BCUT2D eigenvalue weighted by Gasteiger charge is 2.47. The summed E-state index contributed by atoms with van der Waals surface area (Å²) in [4.78, 5) is 39.7. The number of carboxylic acid groups (broad SMARTS) is 1. The van der Waals surface area contributed by atoms with Gasteiger partial charge in [-0.15, -0.1) is 0 Å². The first-order valence-corrected chi connectivity index (χ1v) is 14.6. The largest absolute Gasteiger partial charge is 0.481 e. The highest BCUT2D eigenvalue weighted by molar-refractivity contribution is 7.88. The third-order valence-corrected chi connectivity index (χ3v) is 9.01. The molecule has 2 aromatic carbocycles. The normalized spacial score (nSPS) is 19.4. The van der Waals surface area contributed by atoms with Gasteiger partial charge in [0.1, 0.15) is 5.82 Å². The lowest BCUT2D eigenvalue weighted by atomic mass is 9.82. The summed E-state index contributed by atoms with van der Waals surface area (Å²) in [6.07, 6.45) is 2.57. The van der Waals surface area contributed by atoms with E-state index in [-0.39, 0.29) is 36.9 Å². The number of nitrogens with zero attached hydrogens (tertiary/aromatic N) is 2. The van der Waals surface area contributed by atoms with Crippen LogP contribution in [0.15, 0.2) is 54.6 Å². The predicted molar refractivity (Wildman–Crippen MR) is 142 cm³/mol. The topological polar surface area (TPSA) is 136 Å². The summed E-state index contributed by atoms with van der Waals surface area (Å²) in [5.41, 5.74) is 0.800. The number of anilines is 1. The van der Waals surface area contributed by atoms with Crippen LogP contribution < -0.4 is 10.6 Å². The number of carbonyl (C=O) groups excluding carboxylic acids is 2. The predicted octanol–water partition coefficient (Wildman–Crippen LogP) is 3.37. The van der Waals surface area contributed by atoms with E-state index in [1.807, 2.05) is 0 Å². The molecule has 0 radical (unpaired) electrons. The molecule has 39 heavy (non-hydrogen) atoms. The van der Waals surface area contributed by atoms with E-state index in [0.29, 0.717) is 5.56 Å². The second-order valence-corrected chi connectivity index (χ2v) is 11.9. The number of rotatable bonds is 9. The van der Waals surface area contributed by atoms with Gasteiger partial charge in [-0.3, -0.25) is 14.5 Å². The van der Waals surface area contributed by atoms with Crippen molar-refractivity contribution in [3.05, 3.63) is 66.0 Å². The molecule has 1 heterocycles. The van der Waals surface area contributed by atoms with Crippen molar-refractivity contribution >= 4 is 33.6 Å². The van der Waals surface area contributed by atoms with Crippen molar-refractivity contribution in [3.8, 4) is 0 Å². The minimum Gasteiger partial charge on any atom is -0.481 e. The van der Waals surface area contributed by atoms with Gasteiger partial charge in [-0.25, -0.2) is 17.6 Å². The van der Waals surface area contributed by atoms with Crippen LogP contribution in [-0.2, 0) is 25.4 Å². The highest BCUT2D eigenvalue weighted by Crippen LogP contribution is 2.29. The van der Waals surface area contributed by atoms with Crippen molar-refractivity contribution < 1.29 is 32.3 Å². The van der Waals surface area contributed by atoms with Crippen LogP contribution in [0.1, 0.15) is 44.1 Å². The Morgan fingerprint density at radius 1 is 0.974 bits per heavy atom. The van der Waals surface area contributed by atoms with Crippen LogP contribution in [0, 0.1) is 11.7 Å². The van der Waals surface area contributed by atoms with Gasteiger partial charge in [0.2, 0.25) is 10.0 Å². The average molecular weight is 561 g/mol. The van der Waals surface area contributed by atoms with Gasteiger partial charge in [0.05, 0.1) is 12.2 Å². The summed E-state index contributed by atoms with van der Waals surface area (Å²) in [5, 5.41) is 14.9. The Morgan fingerprint density at radius 3 is 2.28 bits per heavy atom. The molecule has 2 fully saturated rings. The summed E-state index contributed by atoms with van der Waals surface area (Å²) in [5.74, 6) is -2.74. The molecule has 0 aromatic heterocycles. The van der Waals surface area contributed by atoms with Crippen LogP contribution in [0.4, 0.5) is 14.9 Å². The maximum atomic E-state index is 13.7. The van der Waals surface area contributed by atoms with Crippen LogP contribution in [-0.4, -0.2) is 65.9 Å². The maximum absolute atomic E-state index is 13.7. The molecule has 3 amide bonds. The van der Waals surface area contributed by atoms with E-state index < -0.39 is 46.0 Å². The van der Waals surface area contributed by atoms with Crippen molar-refractivity contribution in [3.63, 3.8) is 0 Å². The number of amides is 3. The van der Waals surface area contributed by atoms with Gasteiger partial charge >= 0.3 is 12.0 Å². The SMILES string of the molecule is O=C(O)CC(NC(=O)C1N(C(=O)Nc2ccc(F)cc2)CCN1S(=O)(=O)Cc1ccccc1)C1CCCCC1. The Morgan fingerprint density at radius 2 is 1.64 bits per heavy atom. The van der Waals surface area contributed by atoms with Crippen LogP contribution in [0.25, 0.3) is 0 Å². The lowest BCUT2D eigenvalue weighted by molar-refractivity contribution is -0.138. The Kier molecular flexibility index (Phi) is 9.18. The van der Waals surface area contributed by atoms with E-state index >= 15 is 0 Å². The van der Waals surface area contributed by atoms with Gasteiger partial charge in [-0.2, -0.15) is 4.31 Å². The number of hydrogen-bond acceptors (Lipinski definition) is 5. The molecule has 2 aliphatic rings. The van der Waals surface area contributed by atoms with Crippen LogP contribution in [0.2, 0.25) is 0 Å². The molecular formula is C27H33FN4O6S. The van der Waals surface area contributed by atoms with E-state index in [9.17, 15) is 32.3 Å². The fourth-order valence-electron chi connectivity index (χ4n) is 5.30. The summed E-state index contributed by atoms with van der Waals surface area (Å²) in [6.45, 7) is -0.177. The fourth-order valence-corrected chi connectivity index (χ4v) is 6.95. The fraction of sp³-hybridized carbons (Fsp3) is 0.444. The first-order chi connectivity index (χ1) is 18.6. The third kappa shape index (κ3) is 7.33. The molecule has 2 unspecified atom stereocenters. The monoisotopic (exact) mass is 560 g/mol. The molecule has 0 spiro atoms. The van der Waals surface area contributed by atoms with Crippen LogP contribution in [0.3, 0.4) is 0 Å². The molecule has 1 saturated heterocycles. The van der Waals surface area contributed by atoms with Gasteiger partial charge in [-0.05, 0) is 48.6 Å². The molecule has 1 aliphatic heterocycles. The summed E-state index contributed by atoms with van der Waals surface area (Å²) in [6, 6.07) is 12.1. The first-order valence-electron chi connectivity index (χ1n) is 13.0. The van der Waals surface area contributed by atoms with E-state index in [4.69, 9.17) is 0 Å². The smallest absolute Gasteiger partial charge is 0.323 e. The van der Waals surface area contributed by atoms with E-state index in [1.54, 1.807) is 30.3 Å². The lowest BCUT2D eigenvalue weighted by Gasteiger charge is -2.34. The molecule has 1 aliphatic carbocycles. The van der Waals surface area contributed by atoms with Crippen molar-refractivity contribution in [1.29, 1.82) is 0 Å². The van der Waals surface area contributed by atoms with E-state index in [1.165, 1.54) is 24.3 Å². The zero-order valence-corrected chi connectivity index (χ0v) is 22.3. The molecule has 12 heteroatoms. The van der Waals surface area contributed by atoms with Gasteiger partial charge < -0.3 is 15.7 Å². The van der Waals surface area contributed by atoms with Gasteiger partial charge in [0.25, 0.3) is 5.91 Å². The van der Waals surface area contributed by atoms with Crippen LogP contribution >= 0.6 is 0 Å². The van der Waals surface area contributed by atoms with Gasteiger partial charge in [-0.1, -0.05) is 49.6 Å². The molecular weight excluding hydrogens is 527 g/mol. The number of hydrogen-bond donors (Lipinski definition) is 3. The molecule has 210 valence electrons. The number of aliphatic carboxylic acids is 1. The van der Waals surface area contributed by atoms with Gasteiger partial charge in [0.15, 0.2) is 6.17 Å². The Bertz CT molecular complexity index is 1270. The van der Waals surface area contributed by atoms with Crippen molar-refractivity contribution in [2.24, 2.45) is 5.92 Å². The number of sulfonamides is 1. The molecule has 10 nitrogen and oxygen atoms in total. The number of halogens is 1. The number of urea groups is 1. The van der Waals surface area contributed by atoms with E-state index in [2.05, 4.69) is 10.6 Å². The lowest BCUT2D eigenvalue weighted by Crippen LogP contribution is -2.57. The molecule has 4 rings (SSSR count). The molecule has 3 N–H and O–H groups in total.